The highest BCUT2D eigenvalue weighted by Gasteiger charge is 2.24. The summed E-state index contributed by atoms with van der Waals surface area (Å²) in [5.41, 5.74) is 0. The van der Waals surface area contributed by atoms with Crippen LogP contribution in [-0.4, -0.2) is 29.1 Å². The summed E-state index contributed by atoms with van der Waals surface area (Å²) >= 11 is 0. The zero-order valence-corrected chi connectivity index (χ0v) is 24.7. The van der Waals surface area contributed by atoms with Crippen LogP contribution in [-0.2, 0) is 0 Å². The van der Waals surface area contributed by atoms with Crippen LogP contribution in [0.4, 0.5) is 0 Å². The molecule has 1 aliphatic heterocycles. The third-order valence-corrected chi connectivity index (χ3v) is 8.07. The Morgan fingerprint density at radius 3 is 1.00 bits per heavy atom. The summed E-state index contributed by atoms with van der Waals surface area (Å²) in [6.07, 6.45) is 41.0. The molecule has 1 heterocycles. The van der Waals surface area contributed by atoms with Crippen LogP contribution in [0.1, 0.15) is 181 Å². The van der Waals surface area contributed by atoms with Crippen LogP contribution in [0.2, 0.25) is 0 Å². The van der Waals surface area contributed by atoms with E-state index in [1.165, 1.54) is 174 Å². The van der Waals surface area contributed by atoms with Gasteiger partial charge in [-0.1, -0.05) is 156 Å². The van der Waals surface area contributed by atoms with Gasteiger partial charge in [-0.25, -0.2) is 0 Å². The molecule has 0 aromatic rings. The molecule has 0 aliphatic carbocycles. The van der Waals surface area contributed by atoms with Crippen molar-refractivity contribution in [1.29, 1.82) is 0 Å². The Hall–Kier alpha value is -0.660. The molecular weight excluding hydrogens is 424 g/mol. The Balaban J connectivity index is 2.20. The summed E-state index contributed by atoms with van der Waals surface area (Å²) in [5, 5.41) is 0. The van der Waals surface area contributed by atoms with Gasteiger partial charge in [0.25, 0.3) is 0 Å². The molecule has 1 unspecified atom stereocenters. The molecule has 0 saturated carbocycles. The highest BCUT2D eigenvalue weighted by atomic mass is 15.4. The lowest BCUT2D eigenvalue weighted by atomic mass is 10.1. The summed E-state index contributed by atoms with van der Waals surface area (Å²) < 4.78 is 0. The molecule has 0 spiro atoms. The molecule has 0 saturated heterocycles. The van der Waals surface area contributed by atoms with Crippen molar-refractivity contribution in [3.8, 4) is 0 Å². The van der Waals surface area contributed by atoms with Crippen LogP contribution in [0, 0.1) is 0 Å². The van der Waals surface area contributed by atoms with E-state index in [0.717, 1.165) is 0 Å². The first-order chi connectivity index (χ1) is 17.3. The molecule has 0 bridgehead atoms. The molecule has 2 nitrogen and oxygen atoms in total. The molecule has 0 radical (unpaired) electrons. The van der Waals surface area contributed by atoms with Crippen LogP contribution in [0.5, 0.6) is 0 Å². The molecule has 35 heavy (non-hydrogen) atoms. The second-order valence-electron chi connectivity index (χ2n) is 11.5. The molecule has 1 aliphatic rings. The summed E-state index contributed by atoms with van der Waals surface area (Å²) in [6.45, 7) is 9.47. The lowest BCUT2D eigenvalue weighted by Gasteiger charge is -2.33. The second-order valence-corrected chi connectivity index (χ2v) is 11.5. The van der Waals surface area contributed by atoms with Crippen LogP contribution in [0.3, 0.4) is 0 Å². The maximum Gasteiger partial charge on any atom is 0.101 e. The molecule has 0 aromatic heterocycles. The number of hydrogen-bond acceptors (Lipinski definition) is 2. The Morgan fingerprint density at radius 2 is 0.657 bits per heavy atom. The van der Waals surface area contributed by atoms with Gasteiger partial charge in [-0.3, -0.25) is 0 Å². The smallest absolute Gasteiger partial charge is 0.101 e. The highest BCUT2D eigenvalue weighted by molar-refractivity contribution is 4.97. The molecule has 2 heteroatoms. The third-order valence-electron chi connectivity index (χ3n) is 8.07. The number of nitrogens with zero attached hydrogens (tertiary/aromatic N) is 2. The van der Waals surface area contributed by atoms with E-state index < -0.39 is 0 Å². The lowest BCUT2D eigenvalue weighted by Crippen LogP contribution is -2.39. The molecule has 208 valence electrons. The molecular formula is C33H66N2. The predicted molar refractivity (Wildman–Crippen MR) is 159 cm³/mol. The van der Waals surface area contributed by atoms with Crippen molar-refractivity contribution in [1.82, 2.24) is 9.80 Å². The van der Waals surface area contributed by atoms with Gasteiger partial charge in [0, 0.05) is 25.5 Å². The largest absolute Gasteiger partial charge is 0.356 e. The Morgan fingerprint density at radius 1 is 0.371 bits per heavy atom. The zero-order valence-electron chi connectivity index (χ0n) is 24.7. The first kappa shape index (κ1) is 32.4. The summed E-state index contributed by atoms with van der Waals surface area (Å²) in [4.78, 5) is 5.38. The van der Waals surface area contributed by atoms with Gasteiger partial charge in [0.15, 0.2) is 0 Å². The van der Waals surface area contributed by atoms with Crippen molar-refractivity contribution < 1.29 is 0 Å². The van der Waals surface area contributed by atoms with Crippen molar-refractivity contribution >= 4 is 0 Å². The first-order valence-electron chi connectivity index (χ1n) is 16.5. The van der Waals surface area contributed by atoms with Gasteiger partial charge in [-0.15, -0.1) is 0 Å². The maximum absolute atomic E-state index is 2.69. The van der Waals surface area contributed by atoms with Gasteiger partial charge >= 0.3 is 0 Å². The standard InChI is InChI=1S/C33H66N2/c1-4-7-10-13-15-17-18-19-21-24-27-30-35-32-31-34(33(35)28-25-22-12-9-6-3)29-26-23-20-16-14-11-8-5-2/h31-33H,4-30H2,1-3H3. The van der Waals surface area contributed by atoms with Crippen molar-refractivity contribution in [3.05, 3.63) is 12.4 Å². The quantitative estimate of drug-likeness (QED) is 0.106. The minimum absolute atomic E-state index is 0.643. The zero-order chi connectivity index (χ0) is 25.2. The van der Waals surface area contributed by atoms with E-state index in [0.29, 0.717) is 6.17 Å². The molecule has 0 fully saturated rings. The third kappa shape index (κ3) is 18.3. The minimum Gasteiger partial charge on any atom is -0.356 e. The van der Waals surface area contributed by atoms with Crippen LogP contribution >= 0.6 is 0 Å². The highest BCUT2D eigenvalue weighted by Crippen LogP contribution is 2.24. The van der Waals surface area contributed by atoms with Gasteiger partial charge in [0.1, 0.15) is 6.17 Å². The van der Waals surface area contributed by atoms with Crippen molar-refractivity contribution in [2.24, 2.45) is 0 Å². The van der Waals surface area contributed by atoms with Crippen LogP contribution < -0.4 is 0 Å². The molecule has 1 atom stereocenters. The van der Waals surface area contributed by atoms with Gasteiger partial charge in [-0.2, -0.15) is 0 Å². The topological polar surface area (TPSA) is 6.48 Å². The van der Waals surface area contributed by atoms with Gasteiger partial charge in [-0.05, 0) is 25.7 Å². The van der Waals surface area contributed by atoms with Crippen LogP contribution in [0.25, 0.3) is 0 Å². The van der Waals surface area contributed by atoms with Gasteiger partial charge < -0.3 is 9.80 Å². The molecule has 0 N–H and O–H groups in total. The fourth-order valence-electron chi connectivity index (χ4n) is 5.66. The average Bonchev–Trinajstić information content (AvgIpc) is 3.25. The molecule has 0 amide bonds. The molecule has 1 rings (SSSR count). The monoisotopic (exact) mass is 491 g/mol. The van der Waals surface area contributed by atoms with Crippen molar-refractivity contribution in [3.63, 3.8) is 0 Å². The summed E-state index contributed by atoms with van der Waals surface area (Å²) in [7, 11) is 0. The van der Waals surface area contributed by atoms with E-state index in [1.807, 2.05) is 0 Å². The predicted octanol–water partition coefficient (Wildman–Crippen LogP) is 11.2. The second kappa shape index (κ2) is 25.0. The van der Waals surface area contributed by atoms with Crippen LogP contribution in [0.15, 0.2) is 12.4 Å². The summed E-state index contributed by atoms with van der Waals surface area (Å²) in [6, 6.07) is 0. The van der Waals surface area contributed by atoms with Gasteiger partial charge in [0.05, 0.1) is 0 Å². The maximum atomic E-state index is 2.69. The van der Waals surface area contributed by atoms with Crippen molar-refractivity contribution in [2.75, 3.05) is 13.1 Å². The lowest BCUT2D eigenvalue weighted by molar-refractivity contribution is 0.135. The SMILES string of the molecule is CCCCCCCCCCCCCN1C=CN(CCCCCCCCCC)C1CCCCCCC. The number of rotatable bonds is 27. The van der Waals surface area contributed by atoms with E-state index in [1.54, 1.807) is 0 Å². The van der Waals surface area contributed by atoms with Gasteiger partial charge in [0.2, 0.25) is 0 Å². The Labute approximate surface area is 222 Å². The first-order valence-corrected chi connectivity index (χ1v) is 16.5. The van der Waals surface area contributed by atoms with E-state index in [2.05, 4.69) is 43.0 Å². The van der Waals surface area contributed by atoms with E-state index in [9.17, 15) is 0 Å². The number of hydrogen-bond donors (Lipinski definition) is 0. The van der Waals surface area contributed by atoms with Crippen molar-refractivity contribution in [2.45, 2.75) is 187 Å². The fourth-order valence-corrected chi connectivity index (χ4v) is 5.66. The van der Waals surface area contributed by atoms with E-state index in [4.69, 9.17) is 0 Å². The Kier molecular flexibility index (Phi) is 23.1. The fraction of sp³-hybridized carbons (Fsp3) is 0.939. The van der Waals surface area contributed by atoms with E-state index >= 15 is 0 Å². The minimum atomic E-state index is 0.643. The van der Waals surface area contributed by atoms with E-state index in [-0.39, 0.29) is 0 Å². The molecule has 0 aromatic carbocycles. The number of unbranched alkanes of at least 4 members (excludes halogenated alkanes) is 21. The summed E-state index contributed by atoms with van der Waals surface area (Å²) in [5.74, 6) is 0. The average molecular weight is 491 g/mol. The normalized spacial score (nSPS) is 15.6. The Bertz CT molecular complexity index is 446.